The summed E-state index contributed by atoms with van der Waals surface area (Å²) in [5.41, 5.74) is 0. The molecule has 1 atom stereocenters. The topological polar surface area (TPSA) is 55.8 Å². The van der Waals surface area contributed by atoms with Crippen molar-refractivity contribution in [2.75, 3.05) is 20.3 Å². The van der Waals surface area contributed by atoms with Gasteiger partial charge in [0.15, 0.2) is 0 Å². The highest BCUT2D eigenvalue weighted by Gasteiger charge is 2.30. The molecule has 1 aliphatic rings. The summed E-state index contributed by atoms with van der Waals surface area (Å²) in [6, 6.07) is 0. The predicted molar refractivity (Wildman–Crippen MR) is 62.1 cm³/mol. The molecular weight excluding hydrogens is 222 g/mol. The average Bonchev–Trinajstić information content (AvgIpc) is 2.66. The molecule has 1 amide bonds. The monoisotopic (exact) mass is 241 g/mol. The second-order valence-electron chi connectivity index (χ2n) is 3.75. The first-order valence-corrected chi connectivity index (χ1v) is 5.84. The fraction of sp³-hybridized carbons (Fsp3) is 0.667. The molecule has 0 aromatic carbocycles. The van der Waals surface area contributed by atoms with Crippen molar-refractivity contribution in [3.05, 3.63) is 12.2 Å². The Morgan fingerprint density at radius 3 is 3.00 bits per heavy atom. The molecule has 5 nitrogen and oxygen atoms in total. The van der Waals surface area contributed by atoms with Crippen molar-refractivity contribution >= 4 is 11.9 Å². The Kier molecular flexibility index (Phi) is 5.69. The van der Waals surface area contributed by atoms with Crippen LogP contribution >= 0.6 is 0 Å². The second kappa shape index (κ2) is 7.06. The summed E-state index contributed by atoms with van der Waals surface area (Å²) >= 11 is 0. The summed E-state index contributed by atoms with van der Waals surface area (Å²) in [6.07, 6.45) is 4.92. The highest BCUT2D eigenvalue weighted by Crippen LogP contribution is 2.19. The van der Waals surface area contributed by atoms with Gasteiger partial charge in [-0.15, -0.1) is 0 Å². The molecule has 1 unspecified atom stereocenters. The van der Waals surface area contributed by atoms with Crippen molar-refractivity contribution in [1.29, 1.82) is 0 Å². The number of likely N-dealkylation sites (tertiary alicyclic amines) is 1. The molecule has 0 aromatic rings. The summed E-state index contributed by atoms with van der Waals surface area (Å²) in [7, 11) is 1.34. The number of nitrogens with zero attached hydrogens (tertiary/aromatic N) is 1. The summed E-state index contributed by atoms with van der Waals surface area (Å²) in [5, 5.41) is 0. The Bertz CT molecular complexity index is 301. The molecule has 1 aliphatic heterocycles. The Morgan fingerprint density at radius 1 is 1.59 bits per heavy atom. The van der Waals surface area contributed by atoms with Gasteiger partial charge in [0.05, 0.1) is 7.11 Å². The SMILES string of the molecule is CCOC1CCC(=O)N1CC/C=C/C(=O)OC. The van der Waals surface area contributed by atoms with Crippen LogP contribution in [0.4, 0.5) is 0 Å². The predicted octanol–water partition coefficient (Wildman–Crippen LogP) is 1.09. The van der Waals surface area contributed by atoms with Crippen LogP contribution in [0.25, 0.3) is 0 Å². The van der Waals surface area contributed by atoms with Crippen molar-refractivity contribution < 1.29 is 19.1 Å². The summed E-state index contributed by atoms with van der Waals surface area (Å²) in [5.74, 6) is -0.256. The van der Waals surface area contributed by atoms with E-state index in [1.165, 1.54) is 13.2 Å². The normalized spacial score (nSPS) is 20.2. The van der Waals surface area contributed by atoms with Crippen LogP contribution in [0.1, 0.15) is 26.2 Å². The van der Waals surface area contributed by atoms with Gasteiger partial charge in [0.1, 0.15) is 6.23 Å². The summed E-state index contributed by atoms with van der Waals surface area (Å²) in [4.78, 5) is 24.1. The van der Waals surface area contributed by atoms with Gasteiger partial charge in [-0.2, -0.15) is 0 Å². The number of carbonyl (C=O) groups excluding carboxylic acids is 2. The molecule has 0 aliphatic carbocycles. The fourth-order valence-electron chi connectivity index (χ4n) is 1.80. The maximum absolute atomic E-state index is 11.6. The van der Waals surface area contributed by atoms with Gasteiger partial charge in [0.25, 0.3) is 0 Å². The molecule has 1 heterocycles. The van der Waals surface area contributed by atoms with E-state index in [0.29, 0.717) is 26.0 Å². The third-order valence-electron chi connectivity index (χ3n) is 2.62. The number of methoxy groups -OCH3 is 1. The third-order valence-corrected chi connectivity index (χ3v) is 2.62. The van der Waals surface area contributed by atoms with Crippen LogP contribution < -0.4 is 0 Å². The van der Waals surface area contributed by atoms with Gasteiger partial charge < -0.3 is 14.4 Å². The van der Waals surface area contributed by atoms with E-state index in [9.17, 15) is 9.59 Å². The van der Waals surface area contributed by atoms with Gasteiger partial charge in [-0.3, -0.25) is 4.79 Å². The minimum atomic E-state index is -0.376. The molecule has 1 saturated heterocycles. The molecule has 96 valence electrons. The van der Waals surface area contributed by atoms with Crippen LogP contribution in [0, 0.1) is 0 Å². The van der Waals surface area contributed by atoms with Crippen LogP contribution in [-0.2, 0) is 19.1 Å². The summed E-state index contributed by atoms with van der Waals surface area (Å²) < 4.78 is 9.95. The van der Waals surface area contributed by atoms with Crippen LogP contribution in [-0.4, -0.2) is 43.3 Å². The van der Waals surface area contributed by atoms with Gasteiger partial charge >= 0.3 is 5.97 Å². The minimum Gasteiger partial charge on any atom is -0.466 e. The van der Waals surface area contributed by atoms with Gasteiger partial charge in [0, 0.05) is 32.1 Å². The largest absolute Gasteiger partial charge is 0.466 e. The highest BCUT2D eigenvalue weighted by atomic mass is 16.5. The molecule has 5 heteroatoms. The zero-order chi connectivity index (χ0) is 12.7. The molecule has 1 fully saturated rings. The average molecular weight is 241 g/mol. The Balaban J connectivity index is 2.36. The maximum atomic E-state index is 11.6. The van der Waals surface area contributed by atoms with Gasteiger partial charge in [-0.05, 0) is 13.3 Å². The van der Waals surface area contributed by atoms with E-state index >= 15 is 0 Å². The molecule has 0 N–H and O–H groups in total. The molecule has 0 spiro atoms. The number of esters is 1. The van der Waals surface area contributed by atoms with Crippen molar-refractivity contribution in [3.63, 3.8) is 0 Å². The van der Waals surface area contributed by atoms with E-state index < -0.39 is 0 Å². The first-order valence-electron chi connectivity index (χ1n) is 5.84. The zero-order valence-electron chi connectivity index (χ0n) is 10.3. The molecular formula is C12H19NO4. The van der Waals surface area contributed by atoms with E-state index in [2.05, 4.69) is 4.74 Å². The van der Waals surface area contributed by atoms with E-state index in [1.807, 2.05) is 6.92 Å². The molecule has 17 heavy (non-hydrogen) atoms. The number of hydrogen-bond donors (Lipinski definition) is 0. The van der Waals surface area contributed by atoms with Crippen molar-refractivity contribution in [2.45, 2.75) is 32.4 Å². The lowest BCUT2D eigenvalue weighted by Crippen LogP contribution is -2.35. The van der Waals surface area contributed by atoms with Crippen LogP contribution in [0.5, 0.6) is 0 Å². The number of hydrogen-bond acceptors (Lipinski definition) is 4. The number of ether oxygens (including phenoxy) is 2. The lowest BCUT2D eigenvalue weighted by atomic mass is 10.3. The quantitative estimate of drug-likeness (QED) is 0.516. The van der Waals surface area contributed by atoms with Crippen LogP contribution in [0.2, 0.25) is 0 Å². The molecule has 0 radical (unpaired) electrons. The maximum Gasteiger partial charge on any atom is 0.330 e. The first-order chi connectivity index (χ1) is 8.19. The van der Waals surface area contributed by atoms with Crippen LogP contribution in [0.15, 0.2) is 12.2 Å². The fourth-order valence-corrected chi connectivity index (χ4v) is 1.80. The van der Waals surface area contributed by atoms with E-state index in [1.54, 1.807) is 11.0 Å². The van der Waals surface area contributed by atoms with E-state index in [-0.39, 0.29) is 18.1 Å². The molecule has 0 saturated carbocycles. The smallest absolute Gasteiger partial charge is 0.330 e. The zero-order valence-corrected chi connectivity index (χ0v) is 10.3. The highest BCUT2D eigenvalue weighted by molar-refractivity contribution is 5.81. The Morgan fingerprint density at radius 2 is 2.35 bits per heavy atom. The van der Waals surface area contributed by atoms with Crippen LogP contribution in [0.3, 0.4) is 0 Å². The number of amides is 1. The van der Waals surface area contributed by atoms with Crippen molar-refractivity contribution in [1.82, 2.24) is 4.90 Å². The van der Waals surface area contributed by atoms with E-state index in [4.69, 9.17) is 4.74 Å². The van der Waals surface area contributed by atoms with Gasteiger partial charge in [0.2, 0.25) is 5.91 Å². The van der Waals surface area contributed by atoms with Crippen molar-refractivity contribution in [2.24, 2.45) is 0 Å². The molecule has 0 bridgehead atoms. The standard InChI is InChI=1S/C12H19NO4/c1-3-17-11-8-7-10(14)13(11)9-5-4-6-12(15)16-2/h4,6,11H,3,5,7-9H2,1-2H3/b6-4+. The first kappa shape index (κ1) is 13.7. The van der Waals surface area contributed by atoms with Crippen molar-refractivity contribution in [3.8, 4) is 0 Å². The summed E-state index contributed by atoms with van der Waals surface area (Å²) in [6.45, 7) is 3.10. The lowest BCUT2D eigenvalue weighted by molar-refractivity contribution is -0.136. The Labute approximate surface area is 101 Å². The third kappa shape index (κ3) is 4.19. The minimum absolute atomic E-state index is 0.0981. The number of rotatable bonds is 6. The van der Waals surface area contributed by atoms with E-state index in [0.717, 1.165) is 6.42 Å². The number of carbonyl (C=O) groups is 2. The Hall–Kier alpha value is -1.36. The molecule has 0 aromatic heterocycles. The van der Waals surface area contributed by atoms with Gasteiger partial charge in [-0.1, -0.05) is 6.08 Å². The van der Waals surface area contributed by atoms with Gasteiger partial charge in [-0.25, -0.2) is 4.79 Å². The molecule has 1 rings (SSSR count). The lowest BCUT2D eigenvalue weighted by Gasteiger charge is -2.23. The second-order valence-corrected chi connectivity index (χ2v) is 3.75.